The molecule has 8 nitrogen and oxygen atoms in total. The number of carbonyl (C=O) groups excluding carboxylic acids is 2. The first kappa shape index (κ1) is 28.1. The number of rotatable bonds is 10. The third kappa shape index (κ3) is 6.57. The van der Waals surface area contributed by atoms with E-state index < -0.39 is 6.04 Å². The standard InChI is InChI=1S/C28H35ClN4O4S/c1-19-11-15-31(16-12-19)13-4-14-32-24(18-26(34)30-20-5-8-22(36-2)9-6-20)27(35)33(28(32)38)21-7-10-25(37-3)23(29)17-21/h5-10,17,19,24H,4,11-16,18H2,1-3H3,(H,30,34)/t24-/m1/s1. The molecule has 0 radical (unpaired) electrons. The maximum absolute atomic E-state index is 13.7. The highest BCUT2D eigenvalue weighted by Gasteiger charge is 2.44. The van der Waals surface area contributed by atoms with Crippen molar-refractivity contribution in [1.29, 1.82) is 0 Å². The summed E-state index contributed by atoms with van der Waals surface area (Å²) in [4.78, 5) is 32.5. The fraction of sp³-hybridized carbons (Fsp3) is 0.464. The number of anilines is 2. The fourth-order valence-electron chi connectivity index (χ4n) is 4.93. The molecule has 0 aromatic heterocycles. The number of amides is 2. The quantitative estimate of drug-likeness (QED) is 0.419. The summed E-state index contributed by atoms with van der Waals surface area (Å²) >= 11 is 12.1. The molecule has 2 heterocycles. The zero-order valence-corrected chi connectivity index (χ0v) is 23.7. The number of hydrogen-bond donors (Lipinski definition) is 1. The first-order valence-corrected chi connectivity index (χ1v) is 13.7. The van der Waals surface area contributed by atoms with Crippen molar-refractivity contribution in [3.8, 4) is 11.5 Å². The van der Waals surface area contributed by atoms with Gasteiger partial charge in [-0.15, -0.1) is 0 Å². The van der Waals surface area contributed by atoms with Gasteiger partial charge in [0.15, 0.2) is 5.11 Å². The Hall–Kier alpha value is -2.88. The van der Waals surface area contributed by atoms with Crippen molar-refractivity contribution < 1.29 is 19.1 Å². The molecule has 10 heteroatoms. The Morgan fingerprint density at radius 1 is 1.08 bits per heavy atom. The van der Waals surface area contributed by atoms with Crippen LogP contribution in [-0.4, -0.2) is 73.2 Å². The fourth-order valence-corrected chi connectivity index (χ4v) is 5.60. The van der Waals surface area contributed by atoms with Crippen molar-refractivity contribution in [2.45, 2.75) is 38.6 Å². The second kappa shape index (κ2) is 12.8. The summed E-state index contributed by atoms with van der Waals surface area (Å²) < 4.78 is 10.4. The van der Waals surface area contributed by atoms with Gasteiger partial charge in [-0.2, -0.15) is 0 Å². The Labute approximate surface area is 234 Å². The lowest BCUT2D eigenvalue weighted by atomic mass is 9.99. The minimum Gasteiger partial charge on any atom is -0.497 e. The zero-order valence-electron chi connectivity index (χ0n) is 22.1. The molecule has 0 aliphatic carbocycles. The van der Waals surface area contributed by atoms with E-state index in [1.165, 1.54) is 24.9 Å². The normalized spacial score (nSPS) is 18.7. The SMILES string of the molecule is COc1ccc(NC(=O)C[C@@H]2C(=O)N(c3ccc(OC)c(Cl)c3)C(=S)N2CCCN2CCC(C)CC2)cc1. The predicted octanol–water partition coefficient (Wildman–Crippen LogP) is 4.81. The largest absolute Gasteiger partial charge is 0.497 e. The van der Waals surface area contributed by atoms with Crippen LogP contribution in [0, 0.1) is 5.92 Å². The molecular formula is C28H35ClN4O4S. The van der Waals surface area contributed by atoms with Gasteiger partial charge in [-0.3, -0.25) is 14.5 Å². The molecule has 2 fully saturated rings. The number of nitrogens with one attached hydrogen (secondary N) is 1. The number of thiocarbonyl (C=S) groups is 1. The van der Waals surface area contributed by atoms with Crippen molar-refractivity contribution >= 4 is 52.1 Å². The third-order valence-corrected chi connectivity index (χ3v) is 7.93. The van der Waals surface area contributed by atoms with Crippen LogP contribution >= 0.6 is 23.8 Å². The first-order chi connectivity index (χ1) is 18.3. The van der Waals surface area contributed by atoms with E-state index in [2.05, 4.69) is 17.1 Å². The highest BCUT2D eigenvalue weighted by atomic mass is 35.5. The molecule has 2 aliphatic heterocycles. The van der Waals surface area contributed by atoms with E-state index in [0.29, 0.717) is 39.6 Å². The van der Waals surface area contributed by atoms with Gasteiger partial charge >= 0.3 is 0 Å². The van der Waals surface area contributed by atoms with Gasteiger partial charge in [0.1, 0.15) is 17.5 Å². The van der Waals surface area contributed by atoms with Crippen LogP contribution in [0.5, 0.6) is 11.5 Å². The first-order valence-electron chi connectivity index (χ1n) is 12.9. The molecular weight excluding hydrogens is 524 g/mol. The minimum absolute atomic E-state index is 0.0212. The number of hydrogen-bond acceptors (Lipinski definition) is 6. The maximum Gasteiger partial charge on any atom is 0.256 e. The van der Waals surface area contributed by atoms with Crippen LogP contribution in [0.2, 0.25) is 5.02 Å². The number of ether oxygens (including phenoxy) is 2. The summed E-state index contributed by atoms with van der Waals surface area (Å²) in [5.41, 5.74) is 1.19. The number of piperidine rings is 1. The minimum atomic E-state index is -0.706. The van der Waals surface area contributed by atoms with E-state index in [-0.39, 0.29) is 18.2 Å². The molecule has 2 amide bonds. The van der Waals surface area contributed by atoms with Crippen molar-refractivity contribution in [3.63, 3.8) is 0 Å². The molecule has 2 saturated heterocycles. The van der Waals surface area contributed by atoms with Gasteiger partial charge in [0.2, 0.25) is 5.91 Å². The van der Waals surface area contributed by atoms with Crippen LogP contribution in [-0.2, 0) is 9.59 Å². The predicted molar refractivity (Wildman–Crippen MR) is 154 cm³/mol. The number of nitrogens with zero attached hydrogens (tertiary/aromatic N) is 3. The van der Waals surface area contributed by atoms with E-state index in [4.69, 9.17) is 33.3 Å². The van der Waals surface area contributed by atoms with E-state index >= 15 is 0 Å². The Morgan fingerprint density at radius 2 is 1.79 bits per heavy atom. The van der Waals surface area contributed by atoms with Crippen molar-refractivity contribution in [3.05, 3.63) is 47.5 Å². The van der Waals surface area contributed by atoms with Gasteiger partial charge in [-0.05, 0) is 99.5 Å². The van der Waals surface area contributed by atoms with E-state index in [0.717, 1.165) is 32.0 Å². The summed E-state index contributed by atoms with van der Waals surface area (Å²) in [5.74, 6) is 1.47. The Morgan fingerprint density at radius 3 is 2.42 bits per heavy atom. The van der Waals surface area contributed by atoms with Crippen LogP contribution in [0.1, 0.15) is 32.6 Å². The molecule has 0 unspecified atom stereocenters. The summed E-state index contributed by atoms with van der Waals surface area (Å²) in [6.07, 6.45) is 3.24. The number of carbonyl (C=O) groups is 2. The molecule has 1 atom stereocenters. The molecule has 0 saturated carbocycles. The molecule has 2 aromatic carbocycles. The van der Waals surface area contributed by atoms with Crippen molar-refractivity contribution in [2.75, 3.05) is 50.6 Å². The zero-order chi connectivity index (χ0) is 27.2. The van der Waals surface area contributed by atoms with Crippen LogP contribution in [0.4, 0.5) is 11.4 Å². The highest BCUT2D eigenvalue weighted by Crippen LogP contribution is 2.33. The topological polar surface area (TPSA) is 74.3 Å². The summed E-state index contributed by atoms with van der Waals surface area (Å²) in [5, 5.41) is 3.65. The Kier molecular flexibility index (Phi) is 9.46. The highest BCUT2D eigenvalue weighted by molar-refractivity contribution is 7.80. The average Bonchev–Trinajstić information content (AvgIpc) is 3.14. The number of likely N-dealkylation sites (tertiary alicyclic amines) is 1. The van der Waals surface area contributed by atoms with Gasteiger partial charge < -0.3 is 24.6 Å². The van der Waals surface area contributed by atoms with Gasteiger partial charge in [0.05, 0.1) is 31.4 Å². The molecule has 0 bridgehead atoms. The second-order valence-corrected chi connectivity index (χ2v) is 10.6. The van der Waals surface area contributed by atoms with Gasteiger partial charge in [-0.25, -0.2) is 0 Å². The number of halogens is 1. The molecule has 2 aromatic rings. The lowest BCUT2D eigenvalue weighted by molar-refractivity contribution is -0.124. The third-order valence-electron chi connectivity index (χ3n) is 7.21. The second-order valence-electron chi connectivity index (χ2n) is 9.84. The monoisotopic (exact) mass is 558 g/mol. The summed E-state index contributed by atoms with van der Waals surface area (Å²) in [6.45, 7) is 5.99. The van der Waals surface area contributed by atoms with Gasteiger partial charge in [0.25, 0.3) is 5.91 Å². The van der Waals surface area contributed by atoms with Gasteiger partial charge in [-0.1, -0.05) is 18.5 Å². The Bertz CT molecular complexity index is 1150. The van der Waals surface area contributed by atoms with E-state index in [1.54, 1.807) is 49.6 Å². The van der Waals surface area contributed by atoms with E-state index in [9.17, 15) is 9.59 Å². The van der Waals surface area contributed by atoms with Crippen LogP contribution in [0.25, 0.3) is 0 Å². The number of benzene rings is 2. The molecule has 0 spiro atoms. The van der Waals surface area contributed by atoms with Gasteiger partial charge in [0, 0.05) is 12.2 Å². The molecule has 2 aliphatic rings. The summed E-state index contributed by atoms with van der Waals surface area (Å²) in [6, 6.07) is 11.5. The smallest absolute Gasteiger partial charge is 0.256 e. The van der Waals surface area contributed by atoms with E-state index in [1.807, 2.05) is 4.90 Å². The Balaban J connectivity index is 1.49. The number of methoxy groups -OCH3 is 2. The van der Waals surface area contributed by atoms with Crippen molar-refractivity contribution in [2.24, 2.45) is 5.92 Å². The van der Waals surface area contributed by atoms with Crippen LogP contribution in [0.15, 0.2) is 42.5 Å². The molecule has 204 valence electrons. The lowest BCUT2D eigenvalue weighted by Crippen LogP contribution is -2.40. The van der Waals surface area contributed by atoms with Crippen molar-refractivity contribution in [1.82, 2.24) is 9.80 Å². The lowest BCUT2D eigenvalue weighted by Gasteiger charge is -2.31. The molecule has 4 rings (SSSR count). The maximum atomic E-state index is 13.7. The van der Waals surface area contributed by atoms with Crippen LogP contribution in [0.3, 0.4) is 0 Å². The molecule has 1 N–H and O–H groups in total. The average molecular weight is 559 g/mol. The summed E-state index contributed by atoms with van der Waals surface area (Å²) in [7, 11) is 3.12. The molecule has 38 heavy (non-hydrogen) atoms. The van der Waals surface area contributed by atoms with Crippen LogP contribution < -0.4 is 19.7 Å².